The fraction of sp³-hybridized carbons (Fsp3) is 0.389. The maximum atomic E-state index is 12.5. The molecule has 6 nitrogen and oxygen atoms in total. The highest BCUT2D eigenvalue weighted by Crippen LogP contribution is 2.28. The molecule has 1 amide bonds. The highest BCUT2D eigenvalue weighted by Gasteiger charge is 2.35. The Balaban J connectivity index is 2.07. The Morgan fingerprint density at radius 2 is 1.67 bits per heavy atom. The lowest BCUT2D eigenvalue weighted by molar-refractivity contribution is -0.255. The molecule has 0 radical (unpaired) electrons. The van der Waals surface area contributed by atoms with E-state index in [1.54, 1.807) is 13.8 Å². The number of benzene rings is 1. The first-order valence-corrected chi connectivity index (χ1v) is 7.86. The number of esters is 1. The van der Waals surface area contributed by atoms with Gasteiger partial charge >= 0.3 is 5.97 Å². The van der Waals surface area contributed by atoms with Crippen LogP contribution in [0.2, 0.25) is 0 Å². The topological polar surface area (TPSA) is 95.5 Å². The third-order valence-electron chi connectivity index (χ3n) is 3.81. The number of hydrogen-bond acceptors (Lipinski definition) is 5. The number of aromatic carboxylic acids is 1. The van der Waals surface area contributed by atoms with E-state index in [-0.39, 0.29) is 23.5 Å². The van der Waals surface area contributed by atoms with E-state index in [0.29, 0.717) is 18.5 Å². The van der Waals surface area contributed by atoms with Gasteiger partial charge in [0.15, 0.2) is 0 Å². The summed E-state index contributed by atoms with van der Waals surface area (Å²) < 4.78 is 5.24. The van der Waals surface area contributed by atoms with Crippen LogP contribution in [-0.4, -0.2) is 23.9 Å². The zero-order chi connectivity index (χ0) is 17.7. The SMILES string of the molecule is CC(C)OC(=O)[C@H]1CC=CC[C@@H]1C(=O)Nc1ccc(C(=O)[O-])cc1. The molecule has 0 saturated heterocycles. The molecule has 0 aliphatic heterocycles. The number of carbonyl (C=O) groups excluding carboxylic acids is 3. The van der Waals surface area contributed by atoms with Gasteiger partial charge in [-0.1, -0.05) is 24.3 Å². The number of carbonyl (C=O) groups is 3. The third-order valence-corrected chi connectivity index (χ3v) is 3.81. The number of anilines is 1. The normalized spacial score (nSPS) is 19.8. The van der Waals surface area contributed by atoms with Crippen LogP contribution in [0.3, 0.4) is 0 Å². The van der Waals surface area contributed by atoms with Crippen molar-refractivity contribution in [1.82, 2.24) is 0 Å². The summed E-state index contributed by atoms with van der Waals surface area (Å²) >= 11 is 0. The van der Waals surface area contributed by atoms with Crippen LogP contribution in [0.4, 0.5) is 5.69 Å². The fourth-order valence-corrected chi connectivity index (χ4v) is 2.61. The molecule has 0 saturated carbocycles. The summed E-state index contributed by atoms with van der Waals surface area (Å²) in [6.45, 7) is 3.54. The van der Waals surface area contributed by atoms with Crippen LogP contribution < -0.4 is 10.4 Å². The first-order chi connectivity index (χ1) is 11.4. The van der Waals surface area contributed by atoms with E-state index in [4.69, 9.17) is 4.74 Å². The van der Waals surface area contributed by atoms with Crippen molar-refractivity contribution in [3.05, 3.63) is 42.0 Å². The van der Waals surface area contributed by atoms with Crippen molar-refractivity contribution in [3.8, 4) is 0 Å². The summed E-state index contributed by atoms with van der Waals surface area (Å²) in [5.74, 6) is -2.96. The molecule has 24 heavy (non-hydrogen) atoms. The van der Waals surface area contributed by atoms with E-state index in [2.05, 4.69) is 5.32 Å². The van der Waals surface area contributed by atoms with E-state index in [9.17, 15) is 19.5 Å². The molecular formula is C18H20NO5-. The summed E-state index contributed by atoms with van der Waals surface area (Å²) in [7, 11) is 0. The minimum atomic E-state index is -1.28. The van der Waals surface area contributed by atoms with E-state index in [1.165, 1.54) is 24.3 Å². The molecule has 0 aromatic heterocycles. The lowest BCUT2D eigenvalue weighted by Gasteiger charge is -2.26. The maximum absolute atomic E-state index is 12.5. The van der Waals surface area contributed by atoms with Gasteiger partial charge in [-0.2, -0.15) is 0 Å². The van der Waals surface area contributed by atoms with Crippen molar-refractivity contribution in [2.45, 2.75) is 32.8 Å². The van der Waals surface area contributed by atoms with Crippen LogP contribution >= 0.6 is 0 Å². The van der Waals surface area contributed by atoms with Gasteiger partial charge in [0, 0.05) is 5.69 Å². The molecule has 1 aromatic carbocycles. The second-order valence-corrected chi connectivity index (χ2v) is 6.00. The van der Waals surface area contributed by atoms with Crippen molar-refractivity contribution in [3.63, 3.8) is 0 Å². The standard InChI is InChI=1S/C18H21NO5/c1-11(2)24-18(23)15-6-4-3-5-14(15)16(20)19-13-9-7-12(8-10-13)17(21)22/h3-4,7-11,14-15H,5-6H2,1-2H3,(H,19,20)(H,21,22)/p-1/t14-,15-/m0/s1. The Bertz CT molecular complexity index is 648. The molecule has 1 aliphatic rings. The van der Waals surface area contributed by atoms with Crippen molar-refractivity contribution in [2.24, 2.45) is 11.8 Å². The van der Waals surface area contributed by atoms with Crippen molar-refractivity contribution < 1.29 is 24.2 Å². The number of nitrogens with one attached hydrogen (secondary N) is 1. The second kappa shape index (κ2) is 7.77. The van der Waals surface area contributed by atoms with E-state index in [0.717, 1.165) is 0 Å². The van der Waals surface area contributed by atoms with Crippen molar-refractivity contribution in [1.29, 1.82) is 0 Å². The smallest absolute Gasteiger partial charge is 0.310 e. The fourth-order valence-electron chi connectivity index (χ4n) is 2.61. The van der Waals surface area contributed by atoms with Crippen molar-refractivity contribution in [2.75, 3.05) is 5.32 Å². The highest BCUT2D eigenvalue weighted by molar-refractivity contribution is 5.96. The van der Waals surface area contributed by atoms with Gasteiger partial charge < -0.3 is 20.0 Å². The number of carboxylic acids is 1. The number of allylic oxidation sites excluding steroid dienone is 2. The summed E-state index contributed by atoms with van der Waals surface area (Å²) in [6, 6.07) is 5.69. The van der Waals surface area contributed by atoms with Gasteiger partial charge in [0.05, 0.1) is 23.9 Å². The van der Waals surface area contributed by atoms with E-state index >= 15 is 0 Å². The van der Waals surface area contributed by atoms with Crippen LogP contribution in [0.5, 0.6) is 0 Å². The van der Waals surface area contributed by atoms with Crippen LogP contribution in [0.25, 0.3) is 0 Å². The predicted octanol–water partition coefficient (Wildman–Crippen LogP) is 1.52. The minimum Gasteiger partial charge on any atom is -0.545 e. The largest absolute Gasteiger partial charge is 0.545 e. The molecule has 0 heterocycles. The summed E-state index contributed by atoms with van der Waals surface area (Å²) in [5.41, 5.74) is 0.502. The summed E-state index contributed by atoms with van der Waals surface area (Å²) in [5, 5.41) is 13.5. The van der Waals surface area contributed by atoms with Gasteiger partial charge in [0.25, 0.3) is 0 Å². The van der Waals surface area contributed by atoms with Crippen LogP contribution in [0, 0.1) is 11.8 Å². The number of carboxylic acid groups (broad SMARTS) is 1. The Morgan fingerprint density at radius 1 is 1.08 bits per heavy atom. The molecule has 2 rings (SSSR count). The lowest BCUT2D eigenvalue weighted by atomic mass is 9.82. The van der Waals surface area contributed by atoms with Crippen LogP contribution in [0.15, 0.2) is 36.4 Å². The molecule has 128 valence electrons. The van der Waals surface area contributed by atoms with Crippen LogP contribution in [0.1, 0.15) is 37.0 Å². The number of ether oxygens (including phenoxy) is 1. The monoisotopic (exact) mass is 330 g/mol. The molecule has 1 aliphatic carbocycles. The molecule has 1 aromatic rings. The summed E-state index contributed by atoms with van der Waals surface area (Å²) in [6.07, 6.45) is 4.45. The van der Waals surface area contributed by atoms with Crippen LogP contribution in [-0.2, 0) is 14.3 Å². The number of amides is 1. The highest BCUT2D eigenvalue weighted by atomic mass is 16.5. The van der Waals surface area contributed by atoms with Gasteiger partial charge in [0.1, 0.15) is 0 Å². The predicted molar refractivity (Wildman–Crippen MR) is 86.0 cm³/mol. The summed E-state index contributed by atoms with van der Waals surface area (Å²) in [4.78, 5) is 35.4. The van der Waals surface area contributed by atoms with Gasteiger partial charge in [-0.3, -0.25) is 9.59 Å². The maximum Gasteiger partial charge on any atom is 0.310 e. The van der Waals surface area contributed by atoms with Gasteiger partial charge in [-0.05, 0) is 44.4 Å². The minimum absolute atomic E-state index is 0.0342. The van der Waals surface area contributed by atoms with Crippen molar-refractivity contribution >= 4 is 23.5 Å². The molecule has 1 N–H and O–H groups in total. The Kier molecular flexibility index (Phi) is 5.73. The Labute approximate surface area is 140 Å². The number of hydrogen-bond donors (Lipinski definition) is 1. The molecule has 0 unspecified atom stereocenters. The average molecular weight is 330 g/mol. The molecule has 0 bridgehead atoms. The van der Waals surface area contributed by atoms with Gasteiger partial charge in [-0.25, -0.2) is 0 Å². The third kappa shape index (κ3) is 4.44. The first kappa shape index (κ1) is 17.7. The number of rotatable bonds is 5. The molecule has 0 fully saturated rings. The zero-order valence-electron chi connectivity index (χ0n) is 13.7. The molecule has 0 spiro atoms. The second-order valence-electron chi connectivity index (χ2n) is 6.00. The molecule has 2 atom stereocenters. The molecule has 6 heteroatoms. The quantitative estimate of drug-likeness (QED) is 0.652. The van der Waals surface area contributed by atoms with Gasteiger partial charge in [0.2, 0.25) is 5.91 Å². The van der Waals surface area contributed by atoms with Gasteiger partial charge in [-0.15, -0.1) is 0 Å². The average Bonchev–Trinajstić information content (AvgIpc) is 2.54. The Morgan fingerprint density at radius 3 is 2.21 bits per heavy atom. The van der Waals surface area contributed by atoms with E-state index < -0.39 is 17.8 Å². The lowest BCUT2D eigenvalue weighted by Crippen LogP contribution is -2.36. The molecular weight excluding hydrogens is 310 g/mol. The Hall–Kier alpha value is -2.63. The van der Waals surface area contributed by atoms with E-state index in [1.807, 2.05) is 12.2 Å². The first-order valence-electron chi connectivity index (χ1n) is 7.86. The zero-order valence-corrected chi connectivity index (χ0v) is 13.7.